The molecule has 0 atom stereocenters. The fourth-order valence-electron chi connectivity index (χ4n) is 2.11. The van der Waals surface area contributed by atoms with E-state index >= 15 is 0 Å². The first kappa shape index (κ1) is 12.0. The maximum atomic E-state index is 12.0. The van der Waals surface area contributed by atoms with Crippen LogP contribution in [0, 0.1) is 5.92 Å². The first-order valence-electron chi connectivity index (χ1n) is 6.04. The second-order valence-corrected chi connectivity index (χ2v) is 4.58. The van der Waals surface area contributed by atoms with Gasteiger partial charge in [-0.2, -0.15) is 5.10 Å². The van der Waals surface area contributed by atoms with Crippen LogP contribution in [0.4, 0.5) is 0 Å². The van der Waals surface area contributed by atoms with Crippen molar-refractivity contribution in [3.05, 3.63) is 12.2 Å². The van der Waals surface area contributed by atoms with Crippen molar-refractivity contribution in [2.24, 2.45) is 5.92 Å². The molecular formula is C11H19N5O. The summed E-state index contributed by atoms with van der Waals surface area (Å²) in [5, 5.41) is 9.83. The van der Waals surface area contributed by atoms with Crippen molar-refractivity contribution in [1.29, 1.82) is 0 Å². The minimum absolute atomic E-state index is 0.188. The highest BCUT2D eigenvalue weighted by molar-refractivity contribution is 5.76. The van der Waals surface area contributed by atoms with Crippen LogP contribution in [-0.2, 0) is 11.3 Å². The molecule has 1 amide bonds. The summed E-state index contributed by atoms with van der Waals surface area (Å²) in [5.41, 5.74) is 0. The van der Waals surface area contributed by atoms with Gasteiger partial charge < -0.3 is 10.2 Å². The second-order valence-electron chi connectivity index (χ2n) is 4.58. The molecular weight excluding hydrogens is 218 g/mol. The lowest BCUT2D eigenvalue weighted by Gasteiger charge is -2.24. The van der Waals surface area contributed by atoms with Gasteiger partial charge in [0.15, 0.2) is 0 Å². The zero-order valence-electron chi connectivity index (χ0n) is 10.1. The average Bonchev–Trinajstić information content (AvgIpc) is 2.83. The lowest BCUT2D eigenvalue weighted by atomic mass is 9.94. The molecule has 94 valence electrons. The van der Waals surface area contributed by atoms with Crippen LogP contribution in [0.15, 0.2) is 6.33 Å². The Bertz CT molecular complexity index is 345. The summed E-state index contributed by atoms with van der Waals surface area (Å²) in [6.45, 7) is 2.57. The molecule has 1 aliphatic rings. The van der Waals surface area contributed by atoms with Gasteiger partial charge >= 0.3 is 0 Å². The quantitative estimate of drug-likeness (QED) is 0.782. The molecule has 2 rings (SSSR count). The lowest BCUT2D eigenvalue weighted by molar-refractivity contribution is -0.131. The number of nitrogens with zero attached hydrogens (tertiary/aromatic N) is 3. The highest BCUT2D eigenvalue weighted by Gasteiger charge is 2.19. The molecule has 0 aliphatic carbocycles. The van der Waals surface area contributed by atoms with Gasteiger partial charge in [0, 0.05) is 13.5 Å². The lowest BCUT2D eigenvalue weighted by Crippen LogP contribution is -2.33. The summed E-state index contributed by atoms with van der Waals surface area (Å²) in [7, 11) is 1.81. The van der Waals surface area contributed by atoms with Gasteiger partial charge in [-0.05, 0) is 31.8 Å². The Kier molecular flexibility index (Phi) is 4.08. The Labute approximate surface area is 101 Å². The maximum absolute atomic E-state index is 12.0. The number of carbonyl (C=O) groups is 1. The Balaban J connectivity index is 1.78. The first-order chi connectivity index (χ1) is 8.25. The van der Waals surface area contributed by atoms with Crippen molar-refractivity contribution >= 4 is 5.91 Å². The molecule has 0 bridgehead atoms. The smallest absolute Gasteiger partial charge is 0.222 e. The van der Waals surface area contributed by atoms with Gasteiger partial charge in [-0.25, -0.2) is 4.98 Å². The largest absolute Gasteiger partial charge is 0.338 e. The summed E-state index contributed by atoms with van der Waals surface area (Å²) in [6, 6.07) is 0. The number of piperidine rings is 1. The third kappa shape index (κ3) is 3.52. The Hall–Kier alpha value is -1.43. The van der Waals surface area contributed by atoms with Crippen LogP contribution in [0.3, 0.4) is 0 Å². The molecule has 2 N–H and O–H groups in total. The van der Waals surface area contributed by atoms with Gasteiger partial charge in [0.2, 0.25) is 5.91 Å². The molecule has 1 saturated heterocycles. The van der Waals surface area contributed by atoms with Crippen molar-refractivity contribution in [3.63, 3.8) is 0 Å². The molecule has 0 unspecified atom stereocenters. The summed E-state index contributed by atoms with van der Waals surface area (Å²) >= 11 is 0. The fourth-order valence-corrected chi connectivity index (χ4v) is 2.11. The van der Waals surface area contributed by atoms with E-state index in [2.05, 4.69) is 20.5 Å². The van der Waals surface area contributed by atoms with E-state index in [1.165, 1.54) is 6.33 Å². The molecule has 2 heterocycles. The molecule has 0 radical (unpaired) electrons. The molecule has 1 aromatic heterocycles. The van der Waals surface area contributed by atoms with Crippen LogP contribution in [0.5, 0.6) is 0 Å². The molecule has 17 heavy (non-hydrogen) atoms. The normalized spacial score (nSPS) is 17.0. The monoisotopic (exact) mass is 237 g/mol. The van der Waals surface area contributed by atoms with Crippen molar-refractivity contribution in [2.75, 3.05) is 20.1 Å². The van der Waals surface area contributed by atoms with Gasteiger partial charge in [-0.3, -0.25) is 9.89 Å². The van der Waals surface area contributed by atoms with Crippen LogP contribution in [-0.4, -0.2) is 46.1 Å². The minimum Gasteiger partial charge on any atom is -0.338 e. The van der Waals surface area contributed by atoms with E-state index < -0.39 is 0 Å². The van der Waals surface area contributed by atoms with Gasteiger partial charge in [-0.1, -0.05) is 0 Å². The van der Waals surface area contributed by atoms with Crippen molar-refractivity contribution in [1.82, 2.24) is 25.4 Å². The first-order valence-corrected chi connectivity index (χ1v) is 6.04. The van der Waals surface area contributed by atoms with Crippen molar-refractivity contribution in [2.45, 2.75) is 25.8 Å². The van der Waals surface area contributed by atoms with E-state index in [4.69, 9.17) is 0 Å². The summed E-state index contributed by atoms with van der Waals surface area (Å²) in [4.78, 5) is 17.7. The molecule has 6 nitrogen and oxygen atoms in total. The van der Waals surface area contributed by atoms with Gasteiger partial charge in [-0.15, -0.1) is 0 Å². The third-order valence-corrected chi connectivity index (χ3v) is 3.20. The van der Waals surface area contributed by atoms with Crippen LogP contribution < -0.4 is 5.32 Å². The predicted octanol–water partition coefficient (Wildman–Crippen LogP) is 0.153. The Morgan fingerprint density at radius 3 is 2.94 bits per heavy atom. The highest BCUT2D eigenvalue weighted by atomic mass is 16.2. The number of hydrogen-bond donors (Lipinski definition) is 2. The van der Waals surface area contributed by atoms with E-state index in [0.29, 0.717) is 18.9 Å². The van der Waals surface area contributed by atoms with Crippen molar-refractivity contribution < 1.29 is 4.79 Å². The van der Waals surface area contributed by atoms with Gasteiger partial charge in [0.05, 0.1) is 6.54 Å². The number of nitrogens with one attached hydrogen (secondary N) is 2. The zero-order chi connectivity index (χ0) is 12.1. The standard InChI is InChI=1S/C11H19N5O/c1-16(7-10-13-8-14-15-10)11(17)6-9-2-4-12-5-3-9/h8-9,12H,2-7H2,1H3,(H,13,14,15). The van der Waals surface area contributed by atoms with E-state index in [0.717, 1.165) is 31.8 Å². The number of rotatable bonds is 4. The van der Waals surface area contributed by atoms with Crippen LogP contribution in [0.25, 0.3) is 0 Å². The van der Waals surface area contributed by atoms with E-state index in [1.807, 2.05) is 7.05 Å². The SMILES string of the molecule is CN(Cc1ncn[nH]1)C(=O)CC1CCNCC1. The predicted molar refractivity (Wildman–Crippen MR) is 63.1 cm³/mol. The number of hydrogen-bond acceptors (Lipinski definition) is 4. The molecule has 0 spiro atoms. The summed E-state index contributed by atoms with van der Waals surface area (Å²) < 4.78 is 0. The van der Waals surface area contributed by atoms with Crippen LogP contribution in [0.2, 0.25) is 0 Å². The summed E-state index contributed by atoms with van der Waals surface area (Å²) in [6.07, 6.45) is 4.30. The Morgan fingerprint density at radius 2 is 2.29 bits per heavy atom. The molecule has 6 heteroatoms. The number of amides is 1. The molecule has 1 fully saturated rings. The second kappa shape index (κ2) is 5.77. The van der Waals surface area contributed by atoms with Gasteiger partial charge in [0.25, 0.3) is 0 Å². The fraction of sp³-hybridized carbons (Fsp3) is 0.727. The van der Waals surface area contributed by atoms with E-state index in [9.17, 15) is 4.79 Å². The van der Waals surface area contributed by atoms with Gasteiger partial charge in [0.1, 0.15) is 12.2 Å². The highest BCUT2D eigenvalue weighted by Crippen LogP contribution is 2.17. The van der Waals surface area contributed by atoms with E-state index in [1.54, 1.807) is 4.90 Å². The number of carbonyl (C=O) groups excluding carboxylic acids is 1. The topological polar surface area (TPSA) is 73.9 Å². The number of H-pyrrole nitrogens is 1. The van der Waals surface area contributed by atoms with Crippen molar-refractivity contribution in [3.8, 4) is 0 Å². The number of aromatic nitrogens is 3. The molecule has 0 aromatic carbocycles. The molecule has 0 saturated carbocycles. The Morgan fingerprint density at radius 1 is 1.53 bits per heavy atom. The molecule has 1 aliphatic heterocycles. The van der Waals surface area contributed by atoms with E-state index in [-0.39, 0.29) is 5.91 Å². The third-order valence-electron chi connectivity index (χ3n) is 3.20. The average molecular weight is 237 g/mol. The maximum Gasteiger partial charge on any atom is 0.222 e. The minimum atomic E-state index is 0.188. The van der Waals surface area contributed by atoms with Crippen LogP contribution >= 0.6 is 0 Å². The van der Waals surface area contributed by atoms with Crippen LogP contribution in [0.1, 0.15) is 25.1 Å². The molecule has 1 aromatic rings. The zero-order valence-corrected chi connectivity index (χ0v) is 10.1. The number of aromatic amines is 1. The summed E-state index contributed by atoms with van der Waals surface area (Å²) in [5.74, 6) is 1.44.